The molecule has 0 radical (unpaired) electrons. The number of amides is 1. The molecule has 10 heteroatoms. The third kappa shape index (κ3) is 4.08. The van der Waals surface area contributed by atoms with Crippen LogP contribution in [0.15, 0.2) is 46.2 Å². The lowest BCUT2D eigenvalue weighted by atomic mass is 10.2. The predicted molar refractivity (Wildman–Crippen MR) is 84.2 cm³/mol. The molecule has 1 amide bonds. The largest absolute Gasteiger partial charge is 0.417 e. The molecule has 25 heavy (non-hydrogen) atoms. The molecule has 1 aromatic heterocycles. The normalized spacial score (nSPS) is 12.0. The highest BCUT2D eigenvalue weighted by Gasteiger charge is 2.31. The molecule has 0 bridgehead atoms. The Kier molecular flexibility index (Phi) is 5.02. The van der Waals surface area contributed by atoms with Gasteiger partial charge in [0.25, 0.3) is 11.5 Å². The third-order valence-corrected chi connectivity index (χ3v) is 5.11. The van der Waals surface area contributed by atoms with E-state index in [1.165, 1.54) is 31.2 Å². The van der Waals surface area contributed by atoms with Crippen LogP contribution < -0.4 is 10.9 Å². The summed E-state index contributed by atoms with van der Waals surface area (Å²) in [5, 5.41) is 2.03. The Hall–Kier alpha value is -2.62. The van der Waals surface area contributed by atoms with Crippen LogP contribution in [0.3, 0.4) is 0 Å². The van der Waals surface area contributed by atoms with Crippen molar-refractivity contribution >= 4 is 21.4 Å². The molecule has 0 saturated heterocycles. The number of H-pyrrole nitrogens is 1. The van der Waals surface area contributed by atoms with Gasteiger partial charge in [-0.1, -0.05) is 19.1 Å². The topological polar surface area (TPSA) is 96.1 Å². The Morgan fingerprint density at radius 2 is 1.88 bits per heavy atom. The van der Waals surface area contributed by atoms with Gasteiger partial charge in [-0.2, -0.15) is 13.2 Å². The van der Waals surface area contributed by atoms with Gasteiger partial charge in [0, 0.05) is 6.20 Å². The SMILES string of the molecule is CCS(=O)(=O)c1ccccc1C(=O)Nc1cc(C(F)(F)F)c[nH]c1=O. The van der Waals surface area contributed by atoms with Crippen LogP contribution in [0.4, 0.5) is 18.9 Å². The van der Waals surface area contributed by atoms with Crippen molar-refractivity contribution in [3.05, 3.63) is 58.0 Å². The Morgan fingerprint density at radius 1 is 1.24 bits per heavy atom. The number of sulfone groups is 1. The molecule has 0 saturated carbocycles. The molecule has 0 aliphatic carbocycles. The number of aromatic amines is 1. The first-order valence-electron chi connectivity index (χ1n) is 6.99. The van der Waals surface area contributed by atoms with E-state index in [4.69, 9.17) is 0 Å². The third-order valence-electron chi connectivity index (χ3n) is 3.33. The minimum absolute atomic E-state index is 0.262. The smallest absolute Gasteiger partial charge is 0.327 e. The number of hydrogen-bond acceptors (Lipinski definition) is 4. The summed E-state index contributed by atoms with van der Waals surface area (Å²) in [7, 11) is -3.73. The first-order chi connectivity index (χ1) is 11.6. The number of carbonyl (C=O) groups is 1. The van der Waals surface area contributed by atoms with Crippen LogP contribution >= 0.6 is 0 Å². The van der Waals surface area contributed by atoms with Crippen molar-refractivity contribution < 1.29 is 26.4 Å². The molecule has 2 N–H and O–H groups in total. The maximum atomic E-state index is 12.7. The second kappa shape index (κ2) is 6.71. The molecular weight excluding hydrogens is 361 g/mol. The molecule has 0 unspecified atom stereocenters. The van der Waals surface area contributed by atoms with Crippen molar-refractivity contribution in [3.8, 4) is 0 Å². The van der Waals surface area contributed by atoms with Gasteiger partial charge < -0.3 is 10.3 Å². The number of anilines is 1. The number of nitrogens with one attached hydrogen (secondary N) is 2. The Morgan fingerprint density at radius 3 is 2.48 bits per heavy atom. The van der Waals surface area contributed by atoms with Crippen molar-refractivity contribution in [3.63, 3.8) is 0 Å². The zero-order valence-electron chi connectivity index (χ0n) is 12.8. The summed E-state index contributed by atoms with van der Waals surface area (Å²) in [5.41, 5.74) is -3.00. The molecular formula is C15H13F3N2O4S. The maximum absolute atomic E-state index is 12.7. The maximum Gasteiger partial charge on any atom is 0.417 e. The highest BCUT2D eigenvalue weighted by atomic mass is 32.2. The number of halogens is 3. The van der Waals surface area contributed by atoms with Gasteiger partial charge in [0.05, 0.1) is 21.8 Å². The van der Waals surface area contributed by atoms with E-state index in [1.54, 1.807) is 0 Å². The van der Waals surface area contributed by atoms with E-state index in [-0.39, 0.29) is 16.2 Å². The van der Waals surface area contributed by atoms with E-state index in [0.717, 1.165) is 0 Å². The number of pyridine rings is 1. The van der Waals surface area contributed by atoms with Crippen LogP contribution in [0.1, 0.15) is 22.8 Å². The number of aromatic nitrogens is 1. The average molecular weight is 374 g/mol. The van der Waals surface area contributed by atoms with Crippen LogP contribution in [-0.4, -0.2) is 25.1 Å². The first kappa shape index (κ1) is 18.7. The average Bonchev–Trinajstić information content (AvgIpc) is 2.55. The lowest BCUT2D eigenvalue weighted by Crippen LogP contribution is -2.23. The van der Waals surface area contributed by atoms with Crippen molar-refractivity contribution in [2.45, 2.75) is 18.0 Å². The summed E-state index contributed by atoms with van der Waals surface area (Å²) in [6.07, 6.45) is -4.24. The second-order valence-electron chi connectivity index (χ2n) is 4.98. The first-order valence-corrected chi connectivity index (χ1v) is 8.64. The summed E-state index contributed by atoms with van der Waals surface area (Å²) in [5.74, 6) is -1.26. The summed E-state index contributed by atoms with van der Waals surface area (Å²) in [6, 6.07) is 5.72. The number of rotatable bonds is 4. The Bertz CT molecular complexity index is 965. The Labute approximate surface area is 140 Å². The molecule has 0 aliphatic heterocycles. The van der Waals surface area contributed by atoms with E-state index < -0.39 is 38.7 Å². The zero-order valence-corrected chi connectivity index (χ0v) is 13.7. The van der Waals surface area contributed by atoms with Gasteiger partial charge in [-0.25, -0.2) is 8.42 Å². The lowest BCUT2D eigenvalue weighted by Gasteiger charge is -2.11. The van der Waals surface area contributed by atoms with Crippen molar-refractivity contribution in [1.82, 2.24) is 4.98 Å². The summed E-state index contributed by atoms with van der Waals surface area (Å²) < 4.78 is 62.2. The highest BCUT2D eigenvalue weighted by molar-refractivity contribution is 7.91. The van der Waals surface area contributed by atoms with Crippen molar-refractivity contribution in [2.75, 3.05) is 11.1 Å². The fourth-order valence-corrected chi connectivity index (χ4v) is 3.10. The van der Waals surface area contributed by atoms with Gasteiger partial charge in [-0.05, 0) is 18.2 Å². The van der Waals surface area contributed by atoms with Gasteiger partial charge >= 0.3 is 6.18 Å². The minimum Gasteiger partial charge on any atom is -0.327 e. The predicted octanol–water partition coefficient (Wildman–Crippen LogP) is 2.44. The standard InChI is InChI=1S/C15H13F3N2O4S/c1-2-25(23,24)12-6-4-3-5-10(12)13(21)20-11-7-9(15(16,17)18)8-19-14(11)22/h3-8H,2H2,1H3,(H,19,22)(H,20,21). The second-order valence-corrected chi connectivity index (χ2v) is 7.23. The van der Waals surface area contributed by atoms with Crippen LogP contribution in [0.25, 0.3) is 0 Å². The molecule has 0 atom stereocenters. The fraction of sp³-hybridized carbons (Fsp3) is 0.200. The van der Waals surface area contributed by atoms with E-state index in [1.807, 2.05) is 10.3 Å². The van der Waals surface area contributed by atoms with Gasteiger partial charge in [0.2, 0.25) is 0 Å². The van der Waals surface area contributed by atoms with Crippen LogP contribution in [0, 0.1) is 0 Å². The van der Waals surface area contributed by atoms with E-state index in [2.05, 4.69) is 0 Å². The summed E-state index contributed by atoms with van der Waals surface area (Å²) in [4.78, 5) is 25.6. The summed E-state index contributed by atoms with van der Waals surface area (Å²) >= 11 is 0. The molecule has 0 spiro atoms. The molecule has 0 fully saturated rings. The van der Waals surface area contributed by atoms with E-state index in [0.29, 0.717) is 12.3 Å². The monoisotopic (exact) mass is 374 g/mol. The van der Waals surface area contributed by atoms with Gasteiger partial charge in [0.1, 0.15) is 5.69 Å². The van der Waals surface area contributed by atoms with E-state index >= 15 is 0 Å². The zero-order chi connectivity index (χ0) is 18.8. The lowest BCUT2D eigenvalue weighted by molar-refractivity contribution is -0.137. The van der Waals surface area contributed by atoms with Crippen LogP contribution in [0.5, 0.6) is 0 Å². The van der Waals surface area contributed by atoms with Gasteiger partial charge in [-0.3, -0.25) is 9.59 Å². The summed E-state index contributed by atoms with van der Waals surface area (Å²) in [6.45, 7) is 1.39. The highest BCUT2D eigenvalue weighted by Crippen LogP contribution is 2.29. The molecule has 1 aromatic carbocycles. The van der Waals surface area contributed by atoms with Gasteiger partial charge in [-0.15, -0.1) is 0 Å². The van der Waals surface area contributed by atoms with Crippen LogP contribution in [-0.2, 0) is 16.0 Å². The van der Waals surface area contributed by atoms with Crippen molar-refractivity contribution in [2.24, 2.45) is 0 Å². The minimum atomic E-state index is -4.72. The van der Waals surface area contributed by atoms with Gasteiger partial charge in [0.15, 0.2) is 9.84 Å². The van der Waals surface area contributed by atoms with E-state index in [9.17, 15) is 31.2 Å². The quantitative estimate of drug-likeness (QED) is 0.859. The molecule has 6 nitrogen and oxygen atoms in total. The number of hydrogen-bond donors (Lipinski definition) is 2. The molecule has 1 heterocycles. The molecule has 2 aromatic rings. The molecule has 2 rings (SSSR count). The molecule has 134 valence electrons. The Balaban J connectivity index is 2.44. The number of benzene rings is 1. The van der Waals surface area contributed by atoms with Crippen LogP contribution in [0.2, 0.25) is 0 Å². The fourth-order valence-electron chi connectivity index (χ4n) is 2.01. The van der Waals surface area contributed by atoms with Crippen molar-refractivity contribution in [1.29, 1.82) is 0 Å². The molecule has 0 aliphatic rings. The number of carbonyl (C=O) groups excluding carboxylic acids is 1. The number of alkyl halides is 3.